The van der Waals surface area contributed by atoms with Crippen LogP contribution >= 0.6 is 0 Å². The van der Waals surface area contributed by atoms with E-state index < -0.39 is 5.91 Å². The lowest BCUT2D eigenvalue weighted by molar-refractivity contribution is 0.0708. The first-order chi connectivity index (χ1) is 8.58. The highest BCUT2D eigenvalue weighted by Gasteiger charge is 2.15. The second kappa shape index (κ2) is 4.62. The summed E-state index contributed by atoms with van der Waals surface area (Å²) in [6, 6.07) is 5.16. The monoisotopic (exact) mass is 246 g/mol. The van der Waals surface area contributed by atoms with E-state index in [4.69, 9.17) is 9.94 Å². The molecule has 5 nitrogen and oxygen atoms in total. The van der Waals surface area contributed by atoms with Crippen molar-refractivity contribution in [1.82, 2.24) is 10.5 Å². The lowest BCUT2D eigenvalue weighted by Crippen LogP contribution is -2.19. The first-order valence-electron chi connectivity index (χ1n) is 5.48. The van der Waals surface area contributed by atoms with Gasteiger partial charge in [-0.2, -0.15) is 0 Å². The number of carbonyl (C=O) groups is 1. The third-order valence-electron chi connectivity index (χ3n) is 2.81. The Hall–Kier alpha value is -2.14. The molecule has 2 N–H and O–H groups in total. The highest BCUT2D eigenvalue weighted by molar-refractivity contribution is 6.08. The Balaban J connectivity index is 2.88. The summed E-state index contributed by atoms with van der Waals surface area (Å²) in [7, 11) is 1.56. The number of nitrogens with one attached hydrogen (secondary N) is 1. The summed E-state index contributed by atoms with van der Waals surface area (Å²) in [6.45, 7) is 3.77. The van der Waals surface area contributed by atoms with E-state index in [0.29, 0.717) is 22.2 Å². The van der Waals surface area contributed by atoms with Crippen LogP contribution in [-0.4, -0.2) is 23.2 Å². The number of rotatable bonds is 2. The Morgan fingerprint density at radius 3 is 2.72 bits per heavy atom. The van der Waals surface area contributed by atoms with Crippen LogP contribution in [0.3, 0.4) is 0 Å². The minimum Gasteiger partial charge on any atom is -0.494 e. The Morgan fingerprint density at radius 1 is 1.39 bits per heavy atom. The number of hydroxylamine groups is 1. The van der Waals surface area contributed by atoms with Gasteiger partial charge in [-0.15, -0.1) is 0 Å². The first kappa shape index (κ1) is 12.3. The van der Waals surface area contributed by atoms with Crippen LogP contribution in [0.5, 0.6) is 5.75 Å². The van der Waals surface area contributed by atoms with Crippen LogP contribution in [0, 0.1) is 13.8 Å². The van der Waals surface area contributed by atoms with Gasteiger partial charge in [-0.3, -0.25) is 10.0 Å². The minimum atomic E-state index is -0.559. The van der Waals surface area contributed by atoms with E-state index in [1.807, 2.05) is 19.9 Å². The number of ether oxygens (including phenoxy) is 1. The molecule has 0 saturated heterocycles. The summed E-state index contributed by atoms with van der Waals surface area (Å²) in [5.41, 5.74) is 4.40. The zero-order valence-corrected chi connectivity index (χ0v) is 10.4. The van der Waals surface area contributed by atoms with Crippen molar-refractivity contribution in [3.63, 3.8) is 0 Å². The zero-order chi connectivity index (χ0) is 13.3. The molecule has 0 saturated carbocycles. The lowest BCUT2D eigenvalue weighted by Gasteiger charge is -2.11. The van der Waals surface area contributed by atoms with Crippen LogP contribution < -0.4 is 10.2 Å². The second-order valence-corrected chi connectivity index (χ2v) is 4.06. The Bertz CT molecular complexity index is 623. The molecule has 0 aliphatic heterocycles. The number of pyridine rings is 1. The molecule has 5 heteroatoms. The summed E-state index contributed by atoms with van der Waals surface area (Å²) in [5, 5.41) is 9.46. The number of aromatic nitrogens is 1. The van der Waals surface area contributed by atoms with E-state index in [9.17, 15) is 4.79 Å². The van der Waals surface area contributed by atoms with Gasteiger partial charge in [0.2, 0.25) is 0 Å². The van der Waals surface area contributed by atoms with Crippen LogP contribution in [0.15, 0.2) is 18.2 Å². The van der Waals surface area contributed by atoms with Crippen molar-refractivity contribution in [3.8, 4) is 5.75 Å². The molecule has 0 fully saturated rings. The van der Waals surface area contributed by atoms with Gasteiger partial charge in [-0.1, -0.05) is 0 Å². The third kappa shape index (κ3) is 1.89. The normalized spacial score (nSPS) is 10.4. The van der Waals surface area contributed by atoms with Gasteiger partial charge in [0, 0.05) is 11.1 Å². The van der Waals surface area contributed by atoms with Crippen molar-refractivity contribution in [2.45, 2.75) is 13.8 Å². The van der Waals surface area contributed by atoms with Gasteiger partial charge in [0.05, 0.1) is 12.7 Å². The molecule has 1 aromatic heterocycles. The highest BCUT2D eigenvalue weighted by Crippen LogP contribution is 2.29. The van der Waals surface area contributed by atoms with Gasteiger partial charge in [0.25, 0.3) is 5.91 Å². The smallest absolute Gasteiger partial charge is 0.275 e. The number of methoxy groups -OCH3 is 1. The molecular formula is C13H14N2O3. The number of amides is 1. The molecule has 1 aromatic carbocycles. The van der Waals surface area contributed by atoms with E-state index in [-0.39, 0.29) is 0 Å². The van der Waals surface area contributed by atoms with E-state index in [2.05, 4.69) is 4.98 Å². The summed E-state index contributed by atoms with van der Waals surface area (Å²) in [6.07, 6.45) is 0. The van der Waals surface area contributed by atoms with Crippen LogP contribution in [-0.2, 0) is 0 Å². The molecule has 0 atom stereocenters. The number of carbonyl (C=O) groups excluding carboxylic acids is 1. The molecule has 0 radical (unpaired) electrons. The van der Waals surface area contributed by atoms with Crippen molar-refractivity contribution in [2.75, 3.05) is 7.11 Å². The summed E-state index contributed by atoms with van der Waals surface area (Å²) in [4.78, 5) is 16.0. The number of hydrogen-bond acceptors (Lipinski definition) is 4. The van der Waals surface area contributed by atoms with Crippen LogP contribution in [0.1, 0.15) is 21.6 Å². The molecule has 1 amide bonds. The summed E-state index contributed by atoms with van der Waals surface area (Å²) >= 11 is 0. The molecule has 18 heavy (non-hydrogen) atoms. The van der Waals surface area contributed by atoms with Crippen LogP contribution in [0.25, 0.3) is 10.9 Å². The molecule has 0 unspecified atom stereocenters. The summed E-state index contributed by atoms with van der Waals surface area (Å²) < 4.78 is 5.25. The van der Waals surface area contributed by atoms with Gasteiger partial charge in [0.15, 0.2) is 0 Å². The van der Waals surface area contributed by atoms with Crippen molar-refractivity contribution in [2.24, 2.45) is 0 Å². The Kier molecular flexibility index (Phi) is 3.16. The average molecular weight is 246 g/mol. The van der Waals surface area contributed by atoms with Gasteiger partial charge >= 0.3 is 0 Å². The molecule has 0 bridgehead atoms. The lowest BCUT2D eigenvalue weighted by atomic mass is 10.0. The SMILES string of the molecule is COc1ccc(C(=O)NO)c2c(C)cc(C)nc12. The van der Waals surface area contributed by atoms with Crippen LogP contribution in [0.2, 0.25) is 0 Å². The second-order valence-electron chi connectivity index (χ2n) is 4.06. The fraction of sp³-hybridized carbons (Fsp3) is 0.231. The standard InChI is InChI=1S/C13H14N2O3/c1-7-6-8(2)14-12-10(18-3)5-4-9(11(7)12)13(16)15-17/h4-6,17H,1-3H3,(H,15,16). The van der Waals surface area contributed by atoms with Gasteiger partial charge < -0.3 is 4.74 Å². The fourth-order valence-corrected chi connectivity index (χ4v) is 2.09. The Labute approximate surface area is 104 Å². The number of fused-ring (bicyclic) bond motifs is 1. The van der Waals surface area contributed by atoms with Gasteiger partial charge in [0.1, 0.15) is 11.3 Å². The Morgan fingerprint density at radius 2 is 2.11 bits per heavy atom. The fourth-order valence-electron chi connectivity index (χ4n) is 2.09. The van der Waals surface area contributed by atoms with Crippen molar-refractivity contribution < 1.29 is 14.7 Å². The third-order valence-corrected chi connectivity index (χ3v) is 2.81. The molecule has 2 rings (SSSR count). The number of aryl methyl sites for hydroxylation is 2. The van der Waals surface area contributed by atoms with E-state index in [1.54, 1.807) is 24.7 Å². The summed E-state index contributed by atoms with van der Waals surface area (Å²) in [5.74, 6) is 0.0442. The number of benzene rings is 1. The topological polar surface area (TPSA) is 71.5 Å². The van der Waals surface area contributed by atoms with Crippen molar-refractivity contribution >= 4 is 16.8 Å². The maximum atomic E-state index is 11.6. The van der Waals surface area contributed by atoms with Crippen molar-refractivity contribution in [1.29, 1.82) is 0 Å². The first-order valence-corrected chi connectivity index (χ1v) is 5.48. The van der Waals surface area contributed by atoms with E-state index >= 15 is 0 Å². The minimum absolute atomic E-state index is 0.373. The van der Waals surface area contributed by atoms with Crippen LogP contribution in [0.4, 0.5) is 0 Å². The molecule has 0 aliphatic carbocycles. The largest absolute Gasteiger partial charge is 0.494 e. The molecule has 1 heterocycles. The molecule has 94 valence electrons. The zero-order valence-electron chi connectivity index (χ0n) is 10.4. The molecule has 2 aromatic rings. The maximum Gasteiger partial charge on any atom is 0.275 e. The highest BCUT2D eigenvalue weighted by atomic mass is 16.5. The quantitative estimate of drug-likeness (QED) is 0.628. The van der Waals surface area contributed by atoms with E-state index in [1.165, 1.54) is 0 Å². The number of nitrogens with zero attached hydrogens (tertiary/aromatic N) is 1. The molecule has 0 aliphatic rings. The molecular weight excluding hydrogens is 232 g/mol. The molecule has 0 spiro atoms. The number of hydrogen-bond donors (Lipinski definition) is 2. The predicted octanol–water partition coefficient (Wildman–Crippen LogP) is 1.98. The predicted molar refractivity (Wildman–Crippen MR) is 67.0 cm³/mol. The van der Waals surface area contributed by atoms with Gasteiger partial charge in [-0.05, 0) is 37.6 Å². The maximum absolute atomic E-state index is 11.6. The van der Waals surface area contributed by atoms with Crippen molar-refractivity contribution in [3.05, 3.63) is 35.0 Å². The van der Waals surface area contributed by atoms with E-state index in [0.717, 1.165) is 11.3 Å². The average Bonchev–Trinajstić information content (AvgIpc) is 2.36. The van der Waals surface area contributed by atoms with Gasteiger partial charge in [-0.25, -0.2) is 10.5 Å².